The number of ether oxygens (including phenoxy) is 2. The fourth-order valence-electron chi connectivity index (χ4n) is 0.892. The lowest BCUT2D eigenvalue weighted by Crippen LogP contribution is -2.14. The number of esters is 2. The topological polar surface area (TPSA) is 111 Å². The normalized spacial score (nSPS) is 12.7. The highest BCUT2D eigenvalue weighted by Gasteiger charge is 2.06. The zero-order chi connectivity index (χ0) is 15.4. The molecule has 0 fully saturated rings. The molecule has 2 atom stereocenters. The van der Waals surface area contributed by atoms with Gasteiger partial charge in [-0.25, -0.2) is 19.2 Å². The van der Waals surface area contributed by atoms with E-state index in [1.807, 2.05) is 0 Å². The molecule has 0 aliphatic carbocycles. The van der Waals surface area contributed by atoms with Crippen molar-refractivity contribution in [1.29, 1.82) is 0 Å². The van der Waals surface area contributed by atoms with Gasteiger partial charge in [0, 0.05) is 12.2 Å². The predicted molar refractivity (Wildman–Crippen MR) is 66.2 cm³/mol. The van der Waals surface area contributed by atoms with Crippen LogP contribution in [0.1, 0.15) is 13.8 Å². The van der Waals surface area contributed by atoms with Crippen molar-refractivity contribution in [2.75, 3.05) is 13.2 Å². The van der Waals surface area contributed by atoms with Crippen LogP contribution in [0.5, 0.6) is 0 Å². The van der Waals surface area contributed by atoms with Gasteiger partial charge in [0.25, 0.3) is 0 Å². The molecule has 0 aliphatic rings. The van der Waals surface area contributed by atoms with Crippen molar-refractivity contribution < 1.29 is 28.7 Å². The van der Waals surface area contributed by atoms with Crippen molar-refractivity contribution in [3.63, 3.8) is 0 Å². The van der Waals surface area contributed by atoms with E-state index in [0.29, 0.717) is 0 Å². The van der Waals surface area contributed by atoms with Gasteiger partial charge in [-0.2, -0.15) is 9.98 Å². The summed E-state index contributed by atoms with van der Waals surface area (Å²) in [7, 11) is 0. The van der Waals surface area contributed by atoms with E-state index in [1.165, 1.54) is 12.2 Å². The Kier molecular flexibility index (Phi) is 9.04. The number of rotatable bonds is 8. The highest BCUT2D eigenvalue weighted by molar-refractivity contribution is 5.91. The van der Waals surface area contributed by atoms with Crippen molar-refractivity contribution in [2.45, 2.75) is 25.9 Å². The number of carbonyl (C=O) groups excluding carboxylic acids is 4. The van der Waals surface area contributed by atoms with E-state index >= 15 is 0 Å². The molecule has 8 heteroatoms. The molecular weight excluding hydrogens is 268 g/mol. The SMILES string of the molecule is CC(COC(=O)C=CC(=O)OCC(C)N=C=O)N=C=O. The van der Waals surface area contributed by atoms with Gasteiger partial charge >= 0.3 is 11.9 Å². The Morgan fingerprint density at radius 2 is 1.30 bits per heavy atom. The molecule has 0 bridgehead atoms. The summed E-state index contributed by atoms with van der Waals surface area (Å²) < 4.78 is 9.39. The second kappa shape index (κ2) is 10.4. The van der Waals surface area contributed by atoms with Gasteiger partial charge < -0.3 is 9.47 Å². The van der Waals surface area contributed by atoms with Crippen molar-refractivity contribution in [1.82, 2.24) is 0 Å². The van der Waals surface area contributed by atoms with Crippen molar-refractivity contribution in [3.05, 3.63) is 12.2 Å². The third-order valence-electron chi connectivity index (χ3n) is 1.84. The largest absolute Gasteiger partial charge is 0.460 e. The van der Waals surface area contributed by atoms with Crippen LogP contribution in [0, 0.1) is 0 Å². The zero-order valence-electron chi connectivity index (χ0n) is 11.1. The molecule has 0 heterocycles. The fourth-order valence-corrected chi connectivity index (χ4v) is 0.892. The van der Waals surface area contributed by atoms with Crippen LogP contribution in [0.25, 0.3) is 0 Å². The first kappa shape index (κ1) is 17.4. The molecule has 8 nitrogen and oxygen atoms in total. The highest BCUT2D eigenvalue weighted by atomic mass is 16.5. The Balaban J connectivity index is 4.02. The van der Waals surface area contributed by atoms with Crippen LogP contribution in [-0.2, 0) is 28.7 Å². The summed E-state index contributed by atoms with van der Waals surface area (Å²) in [6.07, 6.45) is 4.43. The van der Waals surface area contributed by atoms with Crippen molar-refractivity contribution >= 4 is 24.1 Å². The first-order valence-corrected chi connectivity index (χ1v) is 5.65. The molecular formula is C12H14N2O6. The lowest BCUT2D eigenvalue weighted by Gasteiger charge is -2.04. The van der Waals surface area contributed by atoms with E-state index in [-0.39, 0.29) is 13.2 Å². The summed E-state index contributed by atoms with van der Waals surface area (Å²) in [4.78, 5) is 48.8. The van der Waals surface area contributed by atoms with E-state index < -0.39 is 24.0 Å². The summed E-state index contributed by atoms with van der Waals surface area (Å²) >= 11 is 0. The summed E-state index contributed by atoms with van der Waals surface area (Å²) in [5.41, 5.74) is 0. The quantitative estimate of drug-likeness (QED) is 0.270. The second-order valence-electron chi connectivity index (χ2n) is 3.73. The van der Waals surface area contributed by atoms with E-state index in [4.69, 9.17) is 9.47 Å². The third kappa shape index (κ3) is 9.47. The lowest BCUT2D eigenvalue weighted by atomic mass is 10.4. The Labute approximate surface area is 115 Å². The van der Waals surface area contributed by atoms with Crippen LogP contribution in [0.15, 0.2) is 22.1 Å². The Morgan fingerprint density at radius 3 is 1.60 bits per heavy atom. The molecule has 0 spiro atoms. The van der Waals surface area contributed by atoms with Crippen LogP contribution in [-0.4, -0.2) is 49.4 Å². The first-order valence-electron chi connectivity index (χ1n) is 5.65. The van der Waals surface area contributed by atoms with Gasteiger partial charge in [-0.05, 0) is 13.8 Å². The molecule has 0 aromatic heterocycles. The molecule has 2 unspecified atom stereocenters. The third-order valence-corrected chi connectivity index (χ3v) is 1.84. The monoisotopic (exact) mass is 282 g/mol. The maximum absolute atomic E-state index is 11.2. The molecule has 20 heavy (non-hydrogen) atoms. The molecule has 0 aliphatic heterocycles. The van der Waals surface area contributed by atoms with Gasteiger partial charge in [-0.1, -0.05) is 0 Å². The number of aliphatic imine (C=N–C) groups is 2. The van der Waals surface area contributed by atoms with Crippen LogP contribution >= 0.6 is 0 Å². The minimum atomic E-state index is -0.770. The summed E-state index contributed by atoms with van der Waals surface area (Å²) in [5.74, 6) is -1.54. The number of hydrogen-bond donors (Lipinski definition) is 0. The number of carbonyl (C=O) groups is 2. The fraction of sp³-hybridized carbons (Fsp3) is 0.500. The van der Waals surface area contributed by atoms with Crippen molar-refractivity contribution in [3.8, 4) is 0 Å². The molecule has 0 aromatic carbocycles. The maximum Gasteiger partial charge on any atom is 0.331 e. The van der Waals surface area contributed by atoms with Gasteiger partial charge in [0.15, 0.2) is 0 Å². The zero-order valence-corrected chi connectivity index (χ0v) is 11.1. The lowest BCUT2D eigenvalue weighted by molar-refractivity contribution is -0.140. The van der Waals surface area contributed by atoms with Crippen LogP contribution in [0.3, 0.4) is 0 Å². The van der Waals surface area contributed by atoms with Gasteiger partial charge in [-0.3, -0.25) is 0 Å². The second-order valence-corrected chi connectivity index (χ2v) is 3.73. The summed E-state index contributed by atoms with van der Waals surface area (Å²) in [6.45, 7) is 2.92. The van der Waals surface area contributed by atoms with E-state index in [9.17, 15) is 19.2 Å². The minimum absolute atomic E-state index is 0.0987. The smallest absolute Gasteiger partial charge is 0.331 e. The van der Waals surface area contributed by atoms with Gasteiger partial charge in [-0.15, -0.1) is 0 Å². The molecule has 0 N–H and O–H groups in total. The van der Waals surface area contributed by atoms with E-state index in [2.05, 4.69) is 9.98 Å². The van der Waals surface area contributed by atoms with Gasteiger partial charge in [0.05, 0.1) is 12.1 Å². The Morgan fingerprint density at radius 1 is 0.950 bits per heavy atom. The molecule has 0 radical (unpaired) electrons. The molecule has 0 aromatic rings. The number of hydrogen-bond acceptors (Lipinski definition) is 8. The molecule has 0 saturated carbocycles. The molecule has 0 rings (SSSR count). The van der Waals surface area contributed by atoms with Crippen LogP contribution in [0.4, 0.5) is 0 Å². The highest BCUT2D eigenvalue weighted by Crippen LogP contribution is 1.93. The molecule has 108 valence electrons. The van der Waals surface area contributed by atoms with Crippen LogP contribution in [0.2, 0.25) is 0 Å². The van der Waals surface area contributed by atoms with Gasteiger partial charge in [0.2, 0.25) is 12.2 Å². The van der Waals surface area contributed by atoms with Gasteiger partial charge in [0.1, 0.15) is 13.2 Å². The number of nitrogens with zero attached hydrogens (tertiary/aromatic N) is 2. The minimum Gasteiger partial charge on any atom is -0.460 e. The molecule has 0 amide bonds. The average molecular weight is 282 g/mol. The van der Waals surface area contributed by atoms with E-state index in [0.717, 1.165) is 12.2 Å². The molecule has 0 saturated heterocycles. The average Bonchev–Trinajstić information content (AvgIpc) is 2.41. The standard InChI is InChI=1S/C12H14N2O6/c1-9(13-7-15)5-19-11(17)3-4-12(18)20-6-10(2)14-8-16/h3-4,9-10H,5-6H2,1-2H3. The van der Waals surface area contributed by atoms with E-state index in [1.54, 1.807) is 13.8 Å². The van der Waals surface area contributed by atoms with Crippen LogP contribution < -0.4 is 0 Å². The summed E-state index contributed by atoms with van der Waals surface area (Å²) in [6, 6.07) is -1.00. The predicted octanol–water partition coefficient (Wildman–Crippen LogP) is 0.0776. The maximum atomic E-state index is 11.2. The Bertz CT molecular complexity index is 419. The first-order chi connectivity index (χ1) is 9.49. The van der Waals surface area contributed by atoms with Crippen molar-refractivity contribution in [2.24, 2.45) is 9.98 Å². The summed E-state index contributed by atoms with van der Waals surface area (Å²) in [5, 5.41) is 0. The Hall–Kier alpha value is -2.56. The number of isocyanates is 2.